The second-order valence-corrected chi connectivity index (χ2v) is 3.69. The lowest BCUT2D eigenvalue weighted by molar-refractivity contribution is -0.112. The fraction of sp³-hybridized carbons (Fsp3) is 0.571. The second-order valence-electron chi connectivity index (χ2n) is 2.68. The molecule has 1 aliphatic carbocycles. The van der Waals surface area contributed by atoms with Crippen LogP contribution in [0.15, 0.2) is 10.6 Å². The molecule has 1 saturated carbocycles. The van der Waals surface area contributed by atoms with E-state index in [1.807, 2.05) is 0 Å². The Morgan fingerprint density at radius 1 is 1.50 bits per heavy atom. The molecule has 0 atom stereocenters. The number of allylic oxidation sites excluding steroid dienone is 1. The molecule has 0 aromatic heterocycles. The SMILES string of the molecule is O=CC1(CC=C(Cl)Cl)CC1. The van der Waals surface area contributed by atoms with Crippen LogP contribution in [-0.4, -0.2) is 6.29 Å². The average molecular weight is 179 g/mol. The largest absolute Gasteiger partial charge is 0.303 e. The molecule has 0 aromatic rings. The van der Waals surface area contributed by atoms with Gasteiger partial charge in [0.1, 0.15) is 10.8 Å². The highest BCUT2D eigenvalue weighted by Gasteiger charge is 2.41. The van der Waals surface area contributed by atoms with Gasteiger partial charge in [-0.05, 0) is 19.3 Å². The zero-order valence-corrected chi connectivity index (χ0v) is 6.95. The van der Waals surface area contributed by atoms with Crippen molar-refractivity contribution in [1.29, 1.82) is 0 Å². The Bertz CT molecular complexity index is 166. The monoisotopic (exact) mass is 178 g/mol. The van der Waals surface area contributed by atoms with E-state index in [0.717, 1.165) is 19.1 Å². The van der Waals surface area contributed by atoms with Gasteiger partial charge in [-0.1, -0.05) is 29.3 Å². The highest BCUT2D eigenvalue weighted by molar-refractivity contribution is 6.55. The van der Waals surface area contributed by atoms with Gasteiger partial charge in [0.05, 0.1) is 0 Å². The van der Waals surface area contributed by atoms with Gasteiger partial charge in [0.2, 0.25) is 0 Å². The zero-order valence-electron chi connectivity index (χ0n) is 5.44. The van der Waals surface area contributed by atoms with Gasteiger partial charge in [-0.3, -0.25) is 0 Å². The summed E-state index contributed by atoms with van der Waals surface area (Å²) in [4.78, 5) is 10.4. The van der Waals surface area contributed by atoms with Crippen LogP contribution in [0.2, 0.25) is 0 Å². The van der Waals surface area contributed by atoms with Gasteiger partial charge < -0.3 is 4.79 Å². The lowest BCUT2D eigenvalue weighted by atomic mass is 10.1. The van der Waals surface area contributed by atoms with E-state index in [4.69, 9.17) is 23.2 Å². The second kappa shape index (κ2) is 2.93. The fourth-order valence-corrected chi connectivity index (χ4v) is 0.965. The molecular weight excluding hydrogens is 171 g/mol. The lowest BCUT2D eigenvalue weighted by Gasteiger charge is -1.98. The van der Waals surface area contributed by atoms with Gasteiger partial charge >= 0.3 is 0 Å². The number of aldehydes is 1. The minimum absolute atomic E-state index is 0.102. The van der Waals surface area contributed by atoms with Gasteiger partial charge in [0, 0.05) is 5.41 Å². The quantitative estimate of drug-likeness (QED) is 0.608. The zero-order chi connectivity index (χ0) is 7.61. The van der Waals surface area contributed by atoms with E-state index in [-0.39, 0.29) is 9.91 Å². The van der Waals surface area contributed by atoms with E-state index < -0.39 is 0 Å². The Morgan fingerprint density at radius 3 is 2.40 bits per heavy atom. The Morgan fingerprint density at radius 2 is 2.10 bits per heavy atom. The van der Waals surface area contributed by atoms with E-state index in [2.05, 4.69) is 0 Å². The van der Waals surface area contributed by atoms with Gasteiger partial charge in [-0.2, -0.15) is 0 Å². The third-order valence-electron chi connectivity index (χ3n) is 1.81. The first-order valence-electron chi connectivity index (χ1n) is 3.16. The third-order valence-corrected chi connectivity index (χ3v) is 2.11. The molecule has 0 aliphatic heterocycles. The molecule has 1 nitrogen and oxygen atoms in total. The Hall–Kier alpha value is -0.0100. The van der Waals surface area contributed by atoms with Crippen molar-refractivity contribution >= 4 is 29.5 Å². The summed E-state index contributed by atoms with van der Waals surface area (Å²) in [5.41, 5.74) is -0.102. The maximum atomic E-state index is 10.4. The molecule has 0 amide bonds. The summed E-state index contributed by atoms with van der Waals surface area (Å²) in [7, 11) is 0. The predicted molar refractivity (Wildman–Crippen MR) is 42.1 cm³/mol. The van der Waals surface area contributed by atoms with Crippen molar-refractivity contribution in [3.8, 4) is 0 Å². The molecule has 1 fully saturated rings. The molecular formula is C7H8Cl2O. The molecule has 3 heteroatoms. The first kappa shape index (κ1) is 8.09. The molecule has 0 spiro atoms. The summed E-state index contributed by atoms with van der Waals surface area (Å²) >= 11 is 10.8. The molecule has 0 bridgehead atoms. The van der Waals surface area contributed by atoms with Crippen molar-refractivity contribution in [3.05, 3.63) is 10.6 Å². The number of hydrogen-bond acceptors (Lipinski definition) is 1. The van der Waals surface area contributed by atoms with E-state index >= 15 is 0 Å². The highest BCUT2D eigenvalue weighted by atomic mass is 35.5. The van der Waals surface area contributed by atoms with Crippen molar-refractivity contribution < 1.29 is 4.79 Å². The summed E-state index contributed by atoms with van der Waals surface area (Å²) in [5.74, 6) is 0. The smallest absolute Gasteiger partial charge is 0.126 e. The summed E-state index contributed by atoms with van der Waals surface area (Å²) in [6, 6.07) is 0. The minimum atomic E-state index is -0.102. The number of halogens is 2. The van der Waals surface area contributed by atoms with Crippen molar-refractivity contribution in [2.24, 2.45) is 5.41 Å². The molecule has 1 aliphatic rings. The number of rotatable bonds is 3. The summed E-state index contributed by atoms with van der Waals surface area (Å²) in [6.45, 7) is 0. The maximum absolute atomic E-state index is 10.4. The molecule has 0 saturated heterocycles. The van der Waals surface area contributed by atoms with E-state index in [1.54, 1.807) is 6.08 Å². The first-order valence-corrected chi connectivity index (χ1v) is 3.92. The van der Waals surface area contributed by atoms with Crippen molar-refractivity contribution in [1.82, 2.24) is 0 Å². The van der Waals surface area contributed by atoms with Crippen LogP contribution in [0.1, 0.15) is 19.3 Å². The maximum Gasteiger partial charge on any atom is 0.126 e. The molecule has 56 valence electrons. The number of carbonyl (C=O) groups excluding carboxylic acids is 1. The van der Waals surface area contributed by atoms with Crippen LogP contribution >= 0.6 is 23.2 Å². The topological polar surface area (TPSA) is 17.1 Å². The highest BCUT2D eigenvalue weighted by Crippen LogP contribution is 2.47. The van der Waals surface area contributed by atoms with Crippen LogP contribution in [0.5, 0.6) is 0 Å². The van der Waals surface area contributed by atoms with Crippen LogP contribution in [0, 0.1) is 5.41 Å². The minimum Gasteiger partial charge on any atom is -0.303 e. The molecule has 10 heavy (non-hydrogen) atoms. The number of hydrogen-bond donors (Lipinski definition) is 0. The Labute approximate surface area is 70.0 Å². The van der Waals surface area contributed by atoms with Crippen LogP contribution in [-0.2, 0) is 4.79 Å². The van der Waals surface area contributed by atoms with E-state index in [9.17, 15) is 4.79 Å². The summed E-state index contributed by atoms with van der Waals surface area (Å²) < 4.78 is 0.258. The van der Waals surface area contributed by atoms with Crippen LogP contribution in [0.3, 0.4) is 0 Å². The van der Waals surface area contributed by atoms with E-state index in [1.165, 1.54) is 0 Å². The summed E-state index contributed by atoms with van der Waals surface area (Å²) in [6.07, 6.45) is 5.34. The first-order chi connectivity index (χ1) is 4.68. The average Bonchev–Trinajstić information content (AvgIpc) is 2.64. The van der Waals surface area contributed by atoms with Crippen LogP contribution in [0.25, 0.3) is 0 Å². The molecule has 0 N–H and O–H groups in total. The Balaban J connectivity index is 2.38. The fourth-order valence-electron chi connectivity index (χ4n) is 0.811. The lowest BCUT2D eigenvalue weighted by Crippen LogP contribution is -1.98. The van der Waals surface area contributed by atoms with Crippen molar-refractivity contribution in [3.63, 3.8) is 0 Å². The number of carbonyl (C=O) groups is 1. The van der Waals surface area contributed by atoms with E-state index in [0.29, 0.717) is 6.42 Å². The molecule has 0 radical (unpaired) electrons. The van der Waals surface area contributed by atoms with Crippen LogP contribution in [0.4, 0.5) is 0 Å². The standard InChI is InChI=1S/C7H8Cl2O/c8-6(9)1-2-7(5-10)3-4-7/h1,5H,2-4H2. The third kappa shape index (κ3) is 1.99. The van der Waals surface area contributed by atoms with Crippen molar-refractivity contribution in [2.45, 2.75) is 19.3 Å². The predicted octanol–water partition coefficient (Wildman–Crippen LogP) is 2.67. The van der Waals surface area contributed by atoms with Crippen molar-refractivity contribution in [2.75, 3.05) is 0 Å². The molecule has 0 unspecified atom stereocenters. The van der Waals surface area contributed by atoms with Gasteiger partial charge in [0.25, 0.3) is 0 Å². The Kier molecular flexibility index (Phi) is 2.37. The molecule has 0 aromatic carbocycles. The normalized spacial score (nSPS) is 19.8. The molecule has 0 heterocycles. The summed E-state index contributed by atoms with van der Waals surface area (Å²) in [5, 5.41) is 0. The van der Waals surface area contributed by atoms with Gasteiger partial charge in [-0.25, -0.2) is 0 Å². The molecule has 1 rings (SSSR count). The van der Waals surface area contributed by atoms with Crippen LogP contribution < -0.4 is 0 Å². The van der Waals surface area contributed by atoms with Gasteiger partial charge in [0.15, 0.2) is 0 Å². The van der Waals surface area contributed by atoms with Gasteiger partial charge in [-0.15, -0.1) is 0 Å².